The second-order valence-corrected chi connectivity index (χ2v) is 6.71. The Morgan fingerprint density at radius 1 is 1.05 bits per heavy atom. The molecule has 0 saturated carbocycles. The summed E-state index contributed by atoms with van der Waals surface area (Å²) >= 11 is 0. The van der Waals surface area contributed by atoms with Crippen LogP contribution in [0, 0.1) is 0 Å². The van der Waals surface area contributed by atoms with Gasteiger partial charge in [-0.05, 0) is 44.7 Å². The summed E-state index contributed by atoms with van der Waals surface area (Å²) in [4.78, 5) is 11.9. The first-order valence-electron chi connectivity index (χ1n) is 7.33. The Morgan fingerprint density at radius 3 is 2.00 bits per heavy atom. The van der Waals surface area contributed by atoms with Crippen molar-refractivity contribution in [2.45, 2.75) is 59.0 Å². The van der Waals surface area contributed by atoms with Crippen molar-refractivity contribution < 1.29 is 4.79 Å². The summed E-state index contributed by atoms with van der Waals surface area (Å²) in [7, 11) is 0. The molecule has 1 aromatic carbocycles. The molecule has 0 aliphatic heterocycles. The van der Waals surface area contributed by atoms with E-state index in [0.717, 1.165) is 5.56 Å². The van der Waals surface area contributed by atoms with E-state index in [1.807, 2.05) is 27.7 Å². The number of nitrogens with one attached hydrogen (secondary N) is 2. The molecule has 2 N–H and O–H groups in total. The smallest absolute Gasteiger partial charge is 0.234 e. The Hall–Kier alpha value is -1.35. The maximum absolute atomic E-state index is 11.9. The van der Waals surface area contributed by atoms with Gasteiger partial charge in [-0.3, -0.25) is 4.79 Å². The highest BCUT2D eigenvalue weighted by molar-refractivity contribution is 5.78. The minimum atomic E-state index is -0.0422. The molecule has 0 radical (unpaired) electrons. The van der Waals surface area contributed by atoms with Crippen LogP contribution in [0.4, 0.5) is 0 Å². The van der Waals surface area contributed by atoms with E-state index in [1.54, 1.807) is 0 Å². The number of hydrogen-bond donors (Lipinski definition) is 2. The minimum Gasteiger partial charge on any atom is -0.348 e. The predicted molar refractivity (Wildman–Crippen MR) is 84.8 cm³/mol. The fraction of sp³-hybridized carbons (Fsp3) is 0.588. The standard InChI is InChI=1S/C17H28N2O/c1-12(2)14-7-9-15(10-8-14)13(3)19-16(20)11-18-17(4,5)6/h7-10,12-13,18H,11H2,1-6H3,(H,19,20). The van der Waals surface area contributed by atoms with Crippen molar-refractivity contribution in [1.29, 1.82) is 0 Å². The quantitative estimate of drug-likeness (QED) is 0.865. The number of carbonyl (C=O) groups is 1. The molecule has 3 heteroatoms. The predicted octanol–water partition coefficient (Wildman–Crippen LogP) is 3.38. The van der Waals surface area contributed by atoms with Crippen LogP contribution in [0.5, 0.6) is 0 Å². The van der Waals surface area contributed by atoms with Crippen molar-refractivity contribution in [3.8, 4) is 0 Å². The molecule has 0 saturated heterocycles. The molecule has 1 rings (SSSR count). The summed E-state index contributed by atoms with van der Waals surface area (Å²) in [5, 5.41) is 6.21. The fourth-order valence-corrected chi connectivity index (χ4v) is 1.89. The van der Waals surface area contributed by atoms with Crippen molar-refractivity contribution in [3.63, 3.8) is 0 Å². The van der Waals surface area contributed by atoms with Crippen LogP contribution in [0.15, 0.2) is 24.3 Å². The third kappa shape index (κ3) is 5.74. The summed E-state index contributed by atoms with van der Waals surface area (Å²) in [5.74, 6) is 0.560. The second kappa shape index (κ2) is 6.89. The molecule has 0 aliphatic rings. The van der Waals surface area contributed by atoms with Gasteiger partial charge in [-0.2, -0.15) is 0 Å². The molecule has 1 unspecified atom stereocenters. The van der Waals surface area contributed by atoms with Gasteiger partial charge in [-0.25, -0.2) is 0 Å². The van der Waals surface area contributed by atoms with Crippen molar-refractivity contribution >= 4 is 5.91 Å². The van der Waals surface area contributed by atoms with E-state index in [9.17, 15) is 4.79 Å². The van der Waals surface area contributed by atoms with Crippen molar-refractivity contribution in [2.24, 2.45) is 0 Å². The highest BCUT2D eigenvalue weighted by atomic mass is 16.1. The molecule has 0 aliphatic carbocycles. The molecule has 0 heterocycles. The Kier molecular flexibility index (Phi) is 5.75. The van der Waals surface area contributed by atoms with Crippen LogP contribution < -0.4 is 10.6 Å². The van der Waals surface area contributed by atoms with Gasteiger partial charge in [0.1, 0.15) is 0 Å². The fourth-order valence-electron chi connectivity index (χ4n) is 1.89. The van der Waals surface area contributed by atoms with E-state index in [0.29, 0.717) is 12.5 Å². The molecular weight excluding hydrogens is 248 g/mol. The Morgan fingerprint density at radius 2 is 1.55 bits per heavy atom. The average Bonchev–Trinajstić information content (AvgIpc) is 2.35. The van der Waals surface area contributed by atoms with Crippen LogP contribution in [0.1, 0.15) is 64.6 Å². The SMILES string of the molecule is CC(C)c1ccc(C(C)NC(=O)CNC(C)(C)C)cc1. The van der Waals surface area contributed by atoms with Gasteiger partial charge in [0.25, 0.3) is 0 Å². The molecule has 0 spiro atoms. The van der Waals surface area contributed by atoms with Gasteiger partial charge in [-0.15, -0.1) is 0 Å². The number of carbonyl (C=O) groups excluding carboxylic acids is 1. The number of hydrogen-bond acceptors (Lipinski definition) is 2. The Labute approximate surface area is 123 Å². The van der Waals surface area contributed by atoms with Crippen molar-refractivity contribution in [2.75, 3.05) is 6.54 Å². The van der Waals surface area contributed by atoms with Crippen LogP contribution in [-0.2, 0) is 4.79 Å². The highest BCUT2D eigenvalue weighted by Crippen LogP contribution is 2.18. The lowest BCUT2D eigenvalue weighted by atomic mass is 9.99. The van der Waals surface area contributed by atoms with Gasteiger partial charge in [0, 0.05) is 5.54 Å². The molecule has 1 amide bonds. The maximum Gasteiger partial charge on any atom is 0.234 e. The first kappa shape index (κ1) is 16.7. The van der Waals surface area contributed by atoms with Gasteiger partial charge < -0.3 is 10.6 Å². The van der Waals surface area contributed by atoms with E-state index < -0.39 is 0 Å². The number of rotatable bonds is 5. The lowest BCUT2D eigenvalue weighted by molar-refractivity contribution is -0.121. The molecule has 1 atom stereocenters. The normalized spacial score (nSPS) is 13.3. The first-order chi connectivity index (χ1) is 9.19. The van der Waals surface area contributed by atoms with Crippen LogP contribution in [-0.4, -0.2) is 18.0 Å². The summed E-state index contributed by atoms with van der Waals surface area (Å²) < 4.78 is 0. The van der Waals surface area contributed by atoms with E-state index in [1.165, 1.54) is 5.56 Å². The Bertz CT molecular complexity index is 429. The molecule has 112 valence electrons. The molecule has 1 aromatic rings. The van der Waals surface area contributed by atoms with Crippen LogP contribution in [0.2, 0.25) is 0 Å². The minimum absolute atomic E-state index is 0.0281. The monoisotopic (exact) mass is 276 g/mol. The van der Waals surface area contributed by atoms with E-state index in [2.05, 4.69) is 48.7 Å². The molecular formula is C17H28N2O. The van der Waals surface area contributed by atoms with Crippen LogP contribution >= 0.6 is 0 Å². The third-order valence-electron chi connectivity index (χ3n) is 3.26. The van der Waals surface area contributed by atoms with Crippen molar-refractivity contribution in [3.05, 3.63) is 35.4 Å². The van der Waals surface area contributed by atoms with E-state index in [4.69, 9.17) is 0 Å². The third-order valence-corrected chi connectivity index (χ3v) is 3.26. The summed E-state index contributed by atoms with van der Waals surface area (Å²) in [6.07, 6.45) is 0. The summed E-state index contributed by atoms with van der Waals surface area (Å²) in [5.41, 5.74) is 2.42. The zero-order valence-electron chi connectivity index (χ0n) is 13.6. The average molecular weight is 276 g/mol. The lowest BCUT2D eigenvalue weighted by Gasteiger charge is -2.21. The molecule has 0 fully saturated rings. The number of amides is 1. The summed E-state index contributed by atoms with van der Waals surface area (Å²) in [6.45, 7) is 12.9. The van der Waals surface area contributed by atoms with E-state index in [-0.39, 0.29) is 17.5 Å². The first-order valence-corrected chi connectivity index (χ1v) is 7.33. The zero-order chi connectivity index (χ0) is 15.3. The molecule has 0 bridgehead atoms. The molecule has 3 nitrogen and oxygen atoms in total. The molecule has 0 aromatic heterocycles. The Balaban J connectivity index is 2.53. The van der Waals surface area contributed by atoms with E-state index >= 15 is 0 Å². The highest BCUT2D eigenvalue weighted by Gasteiger charge is 2.13. The van der Waals surface area contributed by atoms with Gasteiger partial charge in [0.15, 0.2) is 0 Å². The van der Waals surface area contributed by atoms with Gasteiger partial charge >= 0.3 is 0 Å². The second-order valence-electron chi connectivity index (χ2n) is 6.71. The van der Waals surface area contributed by atoms with Crippen LogP contribution in [0.3, 0.4) is 0 Å². The van der Waals surface area contributed by atoms with Crippen LogP contribution in [0.25, 0.3) is 0 Å². The zero-order valence-corrected chi connectivity index (χ0v) is 13.6. The topological polar surface area (TPSA) is 41.1 Å². The van der Waals surface area contributed by atoms with Gasteiger partial charge in [0.2, 0.25) is 5.91 Å². The van der Waals surface area contributed by atoms with Gasteiger partial charge in [-0.1, -0.05) is 38.1 Å². The van der Waals surface area contributed by atoms with Crippen molar-refractivity contribution in [1.82, 2.24) is 10.6 Å². The number of benzene rings is 1. The maximum atomic E-state index is 11.9. The largest absolute Gasteiger partial charge is 0.348 e. The summed E-state index contributed by atoms with van der Waals surface area (Å²) in [6, 6.07) is 8.49. The lowest BCUT2D eigenvalue weighted by Crippen LogP contribution is -2.43. The van der Waals surface area contributed by atoms with Gasteiger partial charge in [0.05, 0.1) is 12.6 Å². The molecule has 20 heavy (non-hydrogen) atoms.